The van der Waals surface area contributed by atoms with Crippen LogP contribution in [0.2, 0.25) is 0 Å². The Hall–Kier alpha value is -2.32. The third-order valence-electron chi connectivity index (χ3n) is 3.66. The number of nitrogens with zero attached hydrogens (tertiary/aromatic N) is 3. The van der Waals surface area contributed by atoms with Crippen LogP contribution in [-0.2, 0) is 0 Å². The molecule has 0 spiro atoms. The molecule has 0 saturated carbocycles. The fourth-order valence-electron chi connectivity index (χ4n) is 2.62. The van der Waals surface area contributed by atoms with E-state index in [9.17, 15) is 3.89 Å². The molecule has 1 aromatic carbocycles. The number of pyridine rings is 1. The Morgan fingerprint density at radius 1 is 1.30 bits per heavy atom. The first-order valence-corrected chi connectivity index (χ1v) is 8.25. The molecule has 4 rings (SSSR count). The highest BCUT2D eigenvalue weighted by atomic mass is 32.2. The lowest BCUT2D eigenvalue weighted by molar-refractivity contribution is 0.417. The van der Waals surface area contributed by atoms with Gasteiger partial charge in [-0.05, 0) is 18.2 Å². The molecular formula is C15H11FN4OS2. The van der Waals surface area contributed by atoms with E-state index in [0.29, 0.717) is 17.2 Å². The Balaban J connectivity index is 2.05. The lowest BCUT2D eigenvalue weighted by atomic mass is 10.0. The molecule has 0 bridgehead atoms. The number of hydrogen-bond acceptors (Lipinski definition) is 6. The summed E-state index contributed by atoms with van der Waals surface area (Å²) in [6.07, 6.45) is 1.69. The van der Waals surface area contributed by atoms with Gasteiger partial charge in [0.1, 0.15) is 11.6 Å². The van der Waals surface area contributed by atoms with Crippen molar-refractivity contribution >= 4 is 50.7 Å². The molecule has 0 aliphatic heterocycles. The molecule has 23 heavy (non-hydrogen) atoms. The highest BCUT2D eigenvalue weighted by Gasteiger charge is 2.17. The van der Waals surface area contributed by atoms with Crippen molar-refractivity contribution in [2.45, 2.75) is 0 Å². The van der Waals surface area contributed by atoms with Gasteiger partial charge in [-0.1, -0.05) is 0 Å². The number of nitrogens with two attached hydrogens (primary N) is 1. The van der Waals surface area contributed by atoms with Crippen molar-refractivity contribution in [3.05, 3.63) is 36.0 Å². The Labute approximate surface area is 139 Å². The number of anilines is 1. The second-order valence-corrected chi connectivity index (χ2v) is 6.34. The number of thiazole rings is 1. The van der Waals surface area contributed by atoms with Gasteiger partial charge in [-0.25, -0.2) is 13.9 Å². The smallest absolute Gasteiger partial charge is 0.171 e. The van der Waals surface area contributed by atoms with Crippen LogP contribution in [0, 0.1) is 0 Å². The summed E-state index contributed by atoms with van der Waals surface area (Å²) in [4.78, 5) is 8.57. The van der Waals surface area contributed by atoms with Crippen molar-refractivity contribution in [2.75, 3.05) is 12.8 Å². The molecule has 2 N–H and O–H groups in total. The molecular weight excluding hydrogens is 335 g/mol. The molecule has 3 aromatic heterocycles. The minimum atomic E-state index is 0.0855. The van der Waals surface area contributed by atoms with Gasteiger partial charge in [0.25, 0.3) is 0 Å². The number of rotatable bonds is 3. The maximum absolute atomic E-state index is 13.3. The first kappa shape index (κ1) is 14.3. The lowest BCUT2D eigenvalue weighted by Gasteiger charge is -2.07. The van der Waals surface area contributed by atoms with Crippen LogP contribution >= 0.6 is 23.7 Å². The molecule has 116 valence electrons. The van der Waals surface area contributed by atoms with Crippen molar-refractivity contribution in [3.8, 4) is 16.9 Å². The van der Waals surface area contributed by atoms with Gasteiger partial charge in [-0.3, -0.25) is 0 Å². The van der Waals surface area contributed by atoms with Gasteiger partial charge >= 0.3 is 0 Å². The van der Waals surface area contributed by atoms with Gasteiger partial charge in [-0.2, -0.15) is 0 Å². The number of benzene rings is 1. The summed E-state index contributed by atoms with van der Waals surface area (Å²) in [7, 11) is 1.62. The Bertz CT molecular complexity index is 1030. The molecule has 0 atom stereocenters. The zero-order chi connectivity index (χ0) is 16.0. The largest absolute Gasteiger partial charge is 0.496 e. The van der Waals surface area contributed by atoms with E-state index < -0.39 is 0 Å². The number of fused-ring (bicyclic) bond motifs is 2. The number of halogens is 1. The third-order valence-corrected chi connectivity index (χ3v) is 4.88. The quantitative estimate of drug-likeness (QED) is 0.599. The van der Waals surface area contributed by atoms with Crippen LogP contribution in [0.1, 0.15) is 0 Å². The molecule has 0 fully saturated rings. The second-order valence-electron chi connectivity index (χ2n) is 4.92. The van der Waals surface area contributed by atoms with Crippen LogP contribution in [0.25, 0.3) is 32.4 Å². The van der Waals surface area contributed by atoms with Crippen LogP contribution in [0.3, 0.4) is 0 Å². The summed E-state index contributed by atoms with van der Waals surface area (Å²) in [6.45, 7) is 0. The van der Waals surface area contributed by atoms with Crippen molar-refractivity contribution < 1.29 is 8.62 Å². The van der Waals surface area contributed by atoms with Crippen LogP contribution in [0.15, 0.2) is 36.0 Å². The summed E-state index contributed by atoms with van der Waals surface area (Å²) >= 11 is 1.63. The molecule has 4 aromatic rings. The summed E-state index contributed by atoms with van der Waals surface area (Å²) in [5.74, 6) is 1.06. The zero-order valence-corrected chi connectivity index (χ0v) is 13.6. The van der Waals surface area contributed by atoms with Crippen LogP contribution in [0.5, 0.6) is 5.75 Å². The van der Waals surface area contributed by atoms with Gasteiger partial charge in [0.2, 0.25) is 0 Å². The van der Waals surface area contributed by atoms with Gasteiger partial charge in [0.05, 0.1) is 22.8 Å². The van der Waals surface area contributed by atoms with E-state index in [4.69, 9.17) is 10.5 Å². The monoisotopic (exact) mass is 346 g/mol. The number of hydrogen-bond donors (Lipinski definition) is 1. The molecule has 3 heterocycles. The average molecular weight is 346 g/mol. The van der Waals surface area contributed by atoms with Gasteiger partial charge in [-0.15, -0.1) is 15.2 Å². The number of nitrogen functional groups attached to an aromatic ring is 1. The standard InChI is InChI=1S/C15H11FN4OS2/c1-21-12-5-13-11(18-7-22-13)4-9(12)10-6-20(23-16)15-8(10)2-3-14(17)19-15/h2-7H,1H3,(H2,17,19). The zero-order valence-electron chi connectivity index (χ0n) is 12.0. The maximum Gasteiger partial charge on any atom is 0.171 e. The van der Waals surface area contributed by atoms with E-state index in [1.807, 2.05) is 18.2 Å². The Morgan fingerprint density at radius 3 is 2.96 bits per heavy atom. The average Bonchev–Trinajstić information content (AvgIpc) is 3.16. The molecule has 0 aliphatic rings. The summed E-state index contributed by atoms with van der Waals surface area (Å²) in [5, 5.41) is 0.803. The maximum atomic E-state index is 13.3. The Kier molecular flexibility index (Phi) is 3.35. The molecule has 0 radical (unpaired) electrons. The molecule has 0 aliphatic carbocycles. The fourth-order valence-corrected chi connectivity index (χ4v) is 3.66. The number of ether oxygens (including phenoxy) is 1. The van der Waals surface area contributed by atoms with Crippen molar-refractivity contribution in [1.29, 1.82) is 0 Å². The van der Waals surface area contributed by atoms with Crippen LogP contribution in [-0.4, -0.2) is 21.1 Å². The van der Waals surface area contributed by atoms with Gasteiger partial charge < -0.3 is 10.5 Å². The SMILES string of the molecule is COc1cc2scnc2cc1-c1cn(SF)c2nc(N)ccc12. The highest BCUT2D eigenvalue weighted by Crippen LogP contribution is 2.40. The summed E-state index contributed by atoms with van der Waals surface area (Å²) in [5.41, 5.74) is 10.5. The third kappa shape index (κ3) is 2.22. The van der Waals surface area contributed by atoms with Crippen molar-refractivity contribution in [1.82, 2.24) is 13.9 Å². The van der Waals surface area contributed by atoms with E-state index in [2.05, 4.69) is 9.97 Å². The van der Waals surface area contributed by atoms with E-state index in [1.165, 1.54) is 3.97 Å². The first-order chi connectivity index (χ1) is 11.2. The first-order valence-electron chi connectivity index (χ1n) is 6.69. The Morgan fingerprint density at radius 2 is 2.17 bits per heavy atom. The highest BCUT2D eigenvalue weighted by molar-refractivity contribution is 7.92. The molecule has 5 nitrogen and oxygen atoms in total. The molecule has 0 unspecified atom stereocenters. The van der Waals surface area contributed by atoms with Gasteiger partial charge in [0.15, 0.2) is 18.0 Å². The van der Waals surface area contributed by atoms with E-state index in [0.717, 1.165) is 26.7 Å². The van der Waals surface area contributed by atoms with E-state index in [1.54, 1.807) is 36.2 Å². The lowest BCUT2D eigenvalue weighted by Crippen LogP contribution is -1.91. The van der Waals surface area contributed by atoms with E-state index >= 15 is 0 Å². The van der Waals surface area contributed by atoms with Crippen LogP contribution < -0.4 is 10.5 Å². The van der Waals surface area contributed by atoms with Crippen LogP contribution in [0.4, 0.5) is 9.70 Å². The minimum absolute atomic E-state index is 0.0855. The minimum Gasteiger partial charge on any atom is -0.496 e. The summed E-state index contributed by atoms with van der Waals surface area (Å²) in [6, 6.07) is 7.43. The van der Waals surface area contributed by atoms with Crippen molar-refractivity contribution in [2.24, 2.45) is 0 Å². The normalized spacial score (nSPS) is 11.4. The topological polar surface area (TPSA) is 66.0 Å². The molecule has 0 saturated heterocycles. The van der Waals surface area contributed by atoms with Gasteiger partial charge in [0, 0.05) is 28.8 Å². The predicted octanol–water partition coefficient (Wildman–Crippen LogP) is 4.28. The predicted molar refractivity (Wildman–Crippen MR) is 93.4 cm³/mol. The second kappa shape index (κ2) is 5.39. The molecule has 0 amide bonds. The fraction of sp³-hybridized carbons (Fsp3) is 0.0667. The number of aromatic nitrogens is 3. The molecule has 8 heteroatoms. The number of methoxy groups -OCH3 is 1. The summed E-state index contributed by atoms with van der Waals surface area (Å²) < 4.78 is 21.2. The van der Waals surface area contributed by atoms with E-state index in [-0.39, 0.29) is 12.3 Å². The van der Waals surface area contributed by atoms with Crippen molar-refractivity contribution in [3.63, 3.8) is 0 Å².